The number of amides is 1. The van der Waals surface area contributed by atoms with E-state index in [1.54, 1.807) is 16.2 Å². The van der Waals surface area contributed by atoms with E-state index in [2.05, 4.69) is 6.07 Å². The van der Waals surface area contributed by atoms with Crippen LogP contribution < -0.4 is 0 Å². The molecule has 0 bridgehead atoms. The Morgan fingerprint density at radius 1 is 1.25 bits per heavy atom. The van der Waals surface area contributed by atoms with Crippen LogP contribution in [0.3, 0.4) is 0 Å². The highest BCUT2D eigenvalue weighted by Crippen LogP contribution is 2.26. The molecule has 1 saturated heterocycles. The minimum absolute atomic E-state index is 0.0808. The number of carbonyl (C=O) groups excluding carboxylic acids is 1. The van der Waals surface area contributed by atoms with Gasteiger partial charge in [-0.1, -0.05) is 23.7 Å². The Hall–Kier alpha value is -1.94. The van der Waals surface area contributed by atoms with E-state index in [1.165, 1.54) is 18.2 Å². The van der Waals surface area contributed by atoms with E-state index in [0.717, 1.165) is 4.88 Å². The standard InChI is InChI=1S/C17H15ClFN3OS/c18-12-3-1-4-13(19)16(12)17(23)22-8-6-21(7-9-22)14(11-20)15-5-2-10-24-15/h1-5,10,14H,6-9H2. The number of halogens is 2. The van der Waals surface area contributed by atoms with Gasteiger partial charge in [-0.15, -0.1) is 11.3 Å². The predicted octanol–water partition coefficient (Wildman–Crippen LogP) is 3.56. The Kier molecular flexibility index (Phi) is 5.14. The summed E-state index contributed by atoms with van der Waals surface area (Å²) in [4.78, 5) is 17.2. The number of nitriles is 1. The largest absolute Gasteiger partial charge is 0.336 e. The minimum Gasteiger partial charge on any atom is -0.336 e. The number of piperazine rings is 1. The average molecular weight is 364 g/mol. The molecule has 0 radical (unpaired) electrons. The first-order valence-electron chi connectivity index (χ1n) is 7.52. The van der Waals surface area contributed by atoms with Crippen LogP contribution in [0.2, 0.25) is 5.02 Å². The summed E-state index contributed by atoms with van der Waals surface area (Å²) >= 11 is 7.52. The SMILES string of the molecule is N#CC(c1cccs1)N1CCN(C(=O)c2c(F)cccc2Cl)CC1. The van der Waals surface area contributed by atoms with E-state index < -0.39 is 11.7 Å². The summed E-state index contributed by atoms with van der Waals surface area (Å²) in [5.41, 5.74) is -0.0808. The van der Waals surface area contributed by atoms with Gasteiger partial charge in [0.1, 0.15) is 11.9 Å². The van der Waals surface area contributed by atoms with Crippen LogP contribution in [-0.2, 0) is 0 Å². The third-order valence-electron chi connectivity index (χ3n) is 4.08. The lowest BCUT2D eigenvalue weighted by molar-refractivity contribution is 0.0604. The summed E-state index contributed by atoms with van der Waals surface area (Å²) in [6.45, 7) is 2.00. The second-order valence-corrected chi connectivity index (χ2v) is 6.86. The van der Waals surface area contributed by atoms with Gasteiger partial charge in [0.05, 0.1) is 16.7 Å². The molecule has 1 aliphatic heterocycles. The highest BCUT2D eigenvalue weighted by molar-refractivity contribution is 7.10. The van der Waals surface area contributed by atoms with Crippen molar-refractivity contribution in [2.24, 2.45) is 0 Å². The van der Waals surface area contributed by atoms with E-state index in [9.17, 15) is 14.4 Å². The van der Waals surface area contributed by atoms with Crippen LogP contribution in [0.15, 0.2) is 35.7 Å². The van der Waals surface area contributed by atoms with Crippen molar-refractivity contribution >= 4 is 28.8 Å². The smallest absolute Gasteiger partial charge is 0.258 e. The highest BCUT2D eigenvalue weighted by atomic mass is 35.5. The Bertz CT molecular complexity index is 746. The van der Waals surface area contributed by atoms with Crippen LogP contribution in [-0.4, -0.2) is 41.9 Å². The number of thiophene rings is 1. The molecule has 7 heteroatoms. The van der Waals surface area contributed by atoms with Crippen LogP contribution in [0.25, 0.3) is 0 Å². The van der Waals surface area contributed by atoms with E-state index in [-0.39, 0.29) is 16.6 Å². The van der Waals surface area contributed by atoms with Gasteiger partial charge in [0.25, 0.3) is 5.91 Å². The first-order valence-corrected chi connectivity index (χ1v) is 8.78. The zero-order valence-corrected chi connectivity index (χ0v) is 14.4. The molecule has 4 nitrogen and oxygen atoms in total. The van der Waals surface area contributed by atoms with Crippen LogP contribution in [0.4, 0.5) is 4.39 Å². The number of hydrogen-bond acceptors (Lipinski definition) is 4. The third kappa shape index (κ3) is 3.29. The zero-order chi connectivity index (χ0) is 17.1. The molecular weight excluding hydrogens is 349 g/mol. The lowest BCUT2D eigenvalue weighted by Gasteiger charge is -2.36. The van der Waals surface area contributed by atoms with Crippen molar-refractivity contribution in [2.45, 2.75) is 6.04 Å². The molecule has 1 amide bonds. The maximum atomic E-state index is 13.9. The fraction of sp³-hybridized carbons (Fsp3) is 0.294. The molecule has 2 heterocycles. The monoisotopic (exact) mass is 363 g/mol. The van der Waals surface area contributed by atoms with Crippen molar-refractivity contribution in [3.63, 3.8) is 0 Å². The van der Waals surface area contributed by atoms with Gasteiger partial charge in [0.15, 0.2) is 0 Å². The summed E-state index contributed by atoms with van der Waals surface area (Å²) in [5.74, 6) is -1.01. The summed E-state index contributed by atoms with van der Waals surface area (Å²) in [6, 6.07) is 10.1. The van der Waals surface area contributed by atoms with E-state index in [0.29, 0.717) is 26.2 Å². The van der Waals surface area contributed by atoms with Gasteiger partial charge in [0.2, 0.25) is 0 Å². The molecule has 1 aliphatic rings. The molecule has 24 heavy (non-hydrogen) atoms. The van der Waals surface area contributed by atoms with Crippen molar-refractivity contribution < 1.29 is 9.18 Å². The summed E-state index contributed by atoms with van der Waals surface area (Å²) in [7, 11) is 0. The summed E-state index contributed by atoms with van der Waals surface area (Å²) in [6.07, 6.45) is 0. The molecular formula is C17H15ClFN3OS. The second kappa shape index (κ2) is 7.31. The van der Waals surface area contributed by atoms with Gasteiger partial charge in [-0.25, -0.2) is 4.39 Å². The quantitative estimate of drug-likeness (QED) is 0.837. The second-order valence-electron chi connectivity index (χ2n) is 5.47. The molecule has 1 aromatic carbocycles. The van der Waals surface area contributed by atoms with Crippen molar-refractivity contribution in [3.05, 3.63) is 57.0 Å². The fourth-order valence-electron chi connectivity index (χ4n) is 2.82. The zero-order valence-electron chi connectivity index (χ0n) is 12.8. The van der Waals surface area contributed by atoms with Gasteiger partial charge in [0, 0.05) is 31.1 Å². The molecule has 0 spiro atoms. The fourth-order valence-corrected chi connectivity index (χ4v) is 3.86. The van der Waals surface area contributed by atoms with E-state index in [4.69, 9.17) is 11.6 Å². The van der Waals surface area contributed by atoms with Gasteiger partial charge < -0.3 is 4.90 Å². The summed E-state index contributed by atoms with van der Waals surface area (Å²) < 4.78 is 13.9. The van der Waals surface area contributed by atoms with Gasteiger partial charge in [-0.2, -0.15) is 5.26 Å². The van der Waals surface area contributed by atoms with Crippen molar-refractivity contribution in [1.82, 2.24) is 9.80 Å². The predicted molar refractivity (Wildman–Crippen MR) is 91.6 cm³/mol. The van der Waals surface area contributed by atoms with Crippen molar-refractivity contribution in [2.75, 3.05) is 26.2 Å². The van der Waals surface area contributed by atoms with Crippen LogP contribution >= 0.6 is 22.9 Å². The third-order valence-corrected chi connectivity index (χ3v) is 5.32. The van der Waals surface area contributed by atoms with Crippen LogP contribution in [0, 0.1) is 17.1 Å². The maximum Gasteiger partial charge on any atom is 0.258 e. The summed E-state index contributed by atoms with van der Waals surface area (Å²) in [5, 5.41) is 11.5. The molecule has 0 N–H and O–H groups in total. The first kappa shape index (κ1) is 16.9. The highest BCUT2D eigenvalue weighted by Gasteiger charge is 2.29. The molecule has 0 aliphatic carbocycles. The van der Waals surface area contributed by atoms with Crippen LogP contribution in [0.1, 0.15) is 21.3 Å². The molecule has 2 aromatic rings. The molecule has 3 rings (SSSR count). The van der Waals surface area contributed by atoms with Crippen molar-refractivity contribution in [3.8, 4) is 6.07 Å². The van der Waals surface area contributed by atoms with Gasteiger partial charge in [-0.05, 0) is 23.6 Å². The topological polar surface area (TPSA) is 47.3 Å². The Morgan fingerprint density at radius 3 is 2.58 bits per heavy atom. The maximum absolute atomic E-state index is 13.9. The van der Waals surface area contributed by atoms with E-state index in [1.807, 2.05) is 22.4 Å². The number of carbonyl (C=O) groups is 1. The number of nitrogens with zero attached hydrogens (tertiary/aromatic N) is 3. The van der Waals surface area contributed by atoms with Crippen LogP contribution in [0.5, 0.6) is 0 Å². The normalized spacial score (nSPS) is 16.6. The number of rotatable bonds is 3. The molecule has 0 saturated carbocycles. The molecule has 1 aromatic heterocycles. The van der Waals surface area contributed by atoms with Gasteiger partial charge in [-0.3, -0.25) is 9.69 Å². The number of hydrogen-bond donors (Lipinski definition) is 0. The minimum atomic E-state index is -0.608. The van der Waals surface area contributed by atoms with E-state index >= 15 is 0 Å². The Morgan fingerprint density at radius 2 is 2.00 bits per heavy atom. The van der Waals surface area contributed by atoms with Gasteiger partial charge >= 0.3 is 0 Å². The Labute approximate surface area is 148 Å². The first-order chi connectivity index (χ1) is 11.6. The lowest BCUT2D eigenvalue weighted by Crippen LogP contribution is -2.49. The molecule has 1 fully saturated rings. The molecule has 1 unspecified atom stereocenters. The molecule has 124 valence electrons. The average Bonchev–Trinajstić information content (AvgIpc) is 3.10. The number of benzene rings is 1. The van der Waals surface area contributed by atoms with Crippen molar-refractivity contribution in [1.29, 1.82) is 5.26 Å². The Balaban J connectivity index is 1.69. The molecule has 1 atom stereocenters. The lowest BCUT2D eigenvalue weighted by atomic mass is 10.1.